The van der Waals surface area contributed by atoms with Crippen LogP contribution in [0.3, 0.4) is 0 Å². The van der Waals surface area contributed by atoms with Crippen molar-refractivity contribution in [2.75, 3.05) is 0 Å². The van der Waals surface area contributed by atoms with E-state index >= 15 is 0 Å². The third-order valence-electron chi connectivity index (χ3n) is 8.50. The van der Waals surface area contributed by atoms with E-state index in [0.717, 1.165) is 77.7 Å². The van der Waals surface area contributed by atoms with Gasteiger partial charge in [0.1, 0.15) is 5.52 Å². The first-order valence-electron chi connectivity index (χ1n) is 15.6. The first-order chi connectivity index (χ1) is 23.3. The number of benzene rings is 6. The fraction of sp³-hybridized carbons (Fsp3) is 0. The van der Waals surface area contributed by atoms with E-state index in [-0.39, 0.29) is 0 Å². The molecule has 0 atom stereocenters. The van der Waals surface area contributed by atoms with Gasteiger partial charge in [-0.15, -0.1) is 0 Å². The average Bonchev–Trinajstić information content (AvgIpc) is 3.60. The maximum Gasteiger partial charge on any atom is 0.227 e. The highest BCUT2D eigenvalue weighted by Gasteiger charge is 2.18. The Morgan fingerprint density at radius 1 is 0.404 bits per heavy atom. The molecule has 0 N–H and O–H groups in total. The van der Waals surface area contributed by atoms with Crippen molar-refractivity contribution < 1.29 is 4.42 Å². The molecule has 0 saturated heterocycles. The number of oxazole rings is 1. The minimum Gasteiger partial charge on any atom is -0.436 e. The molecule has 0 amide bonds. The van der Waals surface area contributed by atoms with Gasteiger partial charge in [-0.05, 0) is 42.5 Å². The van der Waals surface area contributed by atoms with Crippen LogP contribution in [-0.4, -0.2) is 19.9 Å². The highest BCUT2D eigenvalue weighted by Crippen LogP contribution is 2.39. The molecule has 220 valence electrons. The van der Waals surface area contributed by atoms with Crippen LogP contribution in [0.2, 0.25) is 0 Å². The van der Waals surface area contributed by atoms with Gasteiger partial charge < -0.3 is 4.42 Å². The van der Waals surface area contributed by atoms with E-state index in [9.17, 15) is 0 Å². The van der Waals surface area contributed by atoms with Crippen molar-refractivity contribution in [2.45, 2.75) is 0 Å². The second-order valence-electron chi connectivity index (χ2n) is 11.5. The van der Waals surface area contributed by atoms with Crippen LogP contribution in [0.15, 0.2) is 162 Å². The summed E-state index contributed by atoms with van der Waals surface area (Å²) in [5, 5.41) is 3.08. The Labute approximate surface area is 270 Å². The molecule has 9 rings (SSSR count). The van der Waals surface area contributed by atoms with Crippen LogP contribution in [-0.2, 0) is 0 Å². The molecule has 5 nitrogen and oxygen atoms in total. The molecule has 3 aromatic heterocycles. The zero-order chi connectivity index (χ0) is 31.2. The number of hydrogen-bond acceptors (Lipinski definition) is 5. The predicted molar refractivity (Wildman–Crippen MR) is 190 cm³/mol. The molecular formula is C42H26N4O. The number of aromatic nitrogens is 4. The first kappa shape index (κ1) is 26.9. The number of pyridine rings is 1. The van der Waals surface area contributed by atoms with Crippen LogP contribution >= 0.6 is 0 Å². The van der Waals surface area contributed by atoms with Crippen LogP contribution in [0.1, 0.15) is 0 Å². The van der Waals surface area contributed by atoms with Crippen molar-refractivity contribution in [3.05, 3.63) is 158 Å². The van der Waals surface area contributed by atoms with Gasteiger partial charge in [0, 0.05) is 44.0 Å². The SMILES string of the molecule is c1ccc(-c2cc(-c3cccc(-c4nc5ccccc5c5c4ccc4oc(-c6ccccc6)nc45)c3)nc(-c3ccccc3)n2)cc1. The smallest absolute Gasteiger partial charge is 0.227 e. The topological polar surface area (TPSA) is 64.7 Å². The molecule has 0 aliphatic rings. The van der Waals surface area contributed by atoms with E-state index in [2.05, 4.69) is 60.7 Å². The second-order valence-corrected chi connectivity index (χ2v) is 11.5. The lowest BCUT2D eigenvalue weighted by atomic mass is 9.97. The standard InChI is InChI=1S/C42H26N4O/c1-4-13-27(14-5-1)35-26-36(45-41(44-35)28-15-6-2-7-16-28)30-19-12-20-31(25-30)39-33-23-24-37-40(38(33)32-21-10-11-22-34(32)43-39)46-42(47-37)29-17-8-3-9-18-29/h1-26H. The Kier molecular flexibility index (Phi) is 6.39. The zero-order valence-corrected chi connectivity index (χ0v) is 25.2. The highest BCUT2D eigenvalue weighted by molar-refractivity contribution is 6.20. The van der Waals surface area contributed by atoms with E-state index in [1.165, 1.54) is 0 Å². The van der Waals surface area contributed by atoms with E-state index in [1.807, 2.05) is 97.1 Å². The summed E-state index contributed by atoms with van der Waals surface area (Å²) in [4.78, 5) is 20.3. The molecule has 0 unspecified atom stereocenters. The average molecular weight is 603 g/mol. The van der Waals surface area contributed by atoms with Gasteiger partial charge in [0.15, 0.2) is 11.4 Å². The fourth-order valence-electron chi connectivity index (χ4n) is 6.25. The first-order valence-corrected chi connectivity index (χ1v) is 15.6. The molecule has 0 radical (unpaired) electrons. The molecular weight excluding hydrogens is 576 g/mol. The van der Waals surface area contributed by atoms with Crippen molar-refractivity contribution >= 4 is 32.8 Å². The molecule has 0 bridgehead atoms. The van der Waals surface area contributed by atoms with Crippen LogP contribution in [0.5, 0.6) is 0 Å². The van der Waals surface area contributed by atoms with Crippen LogP contribution in [0, 0.1) is 0 Å². The van der Waals surface area contributed by atoms with Crippen molar-refractivity contribution in [1.82, 2.24) is 19.9 Å². The normalized spacial score (nSPS) is 11.4. The number of nitrogens with zero attached hydrogens (tertiary/aromatic N) is 4. The van der Waals surface area contributed by atoms with Gasteiger partial charge in [-0.1, -0.05) is 115 Å². The Balaban J connectivity index is 1.25. The maximum atomic E-state index is 6.28. The molecule has 0 fully saturated rings. The van der Waals surface area contributed by atoms with E-state index in [1.54, 1.807) is 0 Å². The quantitative estimate of drug-likeness (QED) is 0.183. The summed E-state index contributed by atoms with van der Waals surface area (Å²) in [5.41, 5.74) is 9.99. The molecule has 6 aromatic carbocycles. The summed E-state index contributed by atoms with van der Waals surface area (Å²) < 4.78 is 6.28. The molecule has 47 heavy (non-hydrogen) atoms. The highest BCUT2D eigenvalue weighted by atomic mass is 16.3. The Morgan fingerprint density at radius 3 is 1.79 bits per heavy atom. The molecule has 0 aliphatic heterocycles. The monoisotopic (exact) mass is 602 g/mol. The Morgan fingerprint density at radius 2 is 1.02 bits per heavy atom. The van der Waals surface area contributed by atoms with E-state index in [4.69, 9.17) is 24.4 Å². The minimum absolute atomic E-state index is 0.602. The van der Waals surface area contributed by atoms with Gasteiger partial charge in [-0.3, -0.25) is 0 Å². The third kappa shape index (κ3) is 4.82. The number of para-hydroxylation sites is 1. The van der Waals surface area contributed by atoms with Gasteiger partial charge in [-0.25, -0.2) is 19.9 Å². The van der Waals surface area contributed by atoms with Crippen molar-refractivity contribution in [3.8, 4) is 56.6 Å². The lowest BCUT2D eigenvalue weighted by Gasteiger charge is -2.12. The second kappa shape index (κ2) is 11.2. The lowest BCUT2D eigenvalue weighted by molar-refractivity contribution is 0.620. The number of rotatable bonds is 5. The Hall–Kier alpha value is -6.46. The molecule has 5 heteroatoms. The van der Waals surface area contributed by atoms with Gasteiger partial charge >= 0.3 is 0 Å². The molecule has 9 aromatic rings. The van der Waals surface area contributed by atoms with E-state index in [0.29, 0.717) is 11.7 Å². The van der Waals surface area contributed by atoms with Crippen molar-refractivity contribution in [2.24, 2.45) is 0 Å². The molecule has 3 heterocycles. The summed E-state index contributed by atoms with van der Waals surface area (Å²) in [6.07, 6.45) is 0. The zero-order valence-electron chi connectivity index (χ0n) is 25.2. The predicted octanol–water partition coefficient (Wildman–Crippen LogP) is 10.7. The molecule has 0 spiro atoms. The summed E-state index contributed by atoms with van der Waals surface area (Å²) in [7, 11) is 0. The Bertz CT molecular complexity index is 2500. The summed E-state index contributed by atoms with van der Waals surface area (Å²) >= 11 is 0. The van der Waals surface area contributed by atoms with Crippen LogP contribution in [0.25, 0.3) is 89.4 Å². The summed E-state index contributed by atoms with van der Waals surface area (Å²) in [6.45, 7) is 0. The van der Waals surface area contributed by atoms with Crippen molar-refractivity contribution in [1.29, 1.82) is 0 Å². The lowest BCUT2D eigenvalue weighted by Crippen LogP contribution is -1.96. The molecule has 0 aliphatic carbocycles. The number of fused-ring (bicyclic) bond motifs is 5. The summed E-state index contributed by atoms with van der Waals surface area (Å²) in [6, 6.07) is 53.2. The van der Waals surface area contributed by atoms with Crippen LogP contribution < -0.4 is 0 Å². The summed E-state index contributed by atoms with van der Waals surface area (Å²) in [5.74, 6) is 1.29. The third-order valence-corrected chi connectivity index (χ3v) is 8.50. The van der Waals surface area contributed by atoms with Gasteiger partial charge in [-0.2, -0.15) is 0 Å². The van der Waals surface area contributed by atoms with E-state index < -0.39 is 0 Å². The maximum absolute atomic E-state index is 6.28. The van der Waals surface area contributed by atoms with Crippen molar-refractivity contribution in [3.63, 3.8) is 0 Å². The molecule has 0 saturated carbocycles. The van der Waals surface area contributed by atoms with Gasteiger partial charge in [0.05, 0.1) is 22.6 Å². The van der Waals surface area contributed by atoms with Gasteiger partial charge in [0.2, 0.25) is 5.89 Å². The number of hydrogen-bond donors (Lipinski definition) is 0. The largest absolute Gasteiger partial charge is 0.436 e. The minimum atomic E-state index is 0.602. The van der Waals surface area contributed by atoms with Crippen LogP contribution in [0.4, 0.5) is 0 Å². The fourth-order valence-corrected chi connectivity index (χ4v) is 6.25. The van der Waals surface area contributed by atoms with Gasteiger partial charge in [0.25, 0.3) is 0 Å².